The number of carboxylic acids is 1. The number of nitrogens with one attached hydrogen (secondary N) is 1. The first-order chi connectivity index (χ1) is 8.97. The normalized spacial score (nSPS) is 10.2. The molecule has 4 nitrogen and oxygen atoms in total. The summed E-state index contributed by atoms with van der Waals surface area (Å²) in [5, 5.41) is 12.2. The fourth-order valence-corrected chi connectivity index (χ4v) is 1.68. The van der Waals surface area contributed by atoms with E-state index in [2.05, 4.69) is 5.32 Å². The smallest absolute Gasteiger partial charge is 0.338 e. The molecule has 0 saturated carbocycles. The molecule has 19 heavy (non-hydrogen) atoms. The van der Waals surface area contributed by atoms with Crippen molar-refractivity contribution in [2.24, 2.45) is 0 Å². The minimum Gasteiger partial charge on any atom is -0.478 e. The number of nitrogens with two attached hydrogens (primary N) is 1. The fraction of sp³-hybridized carbons (Fsp3) is 0. The number of carbonyl (C=O) groups is 1. The molecule has 0 aliphatic carbocycles. The van der Waals surface area contributed by atoms with E-state index in [1.165, 1.54) is 0 Å². The summed E-state index contributed by atoms with van der Waals surface area (Å²) in [7, 11) is 0. The van der Waals surface area contributed by atoms with Crippen molar-refractivity contribution < 1.29 is 14.3 Å². The molecule has 0 atom stereocenters. The zero-order chi connectivity index (χ0) is 14.0. The molecule has 0 aliphatic heterocycles. The summed E-state index contributed by atoms with van der Waals surface area (Å²) in [4.78, 5) is 10.8. The van der Waals surface area contributed by atoms with Gasteiger partial charge in [-0.1, -0.05) is 11.6 Å². The average molecular weight is 281 g/mol. The van der Waals surface area contributed by atoms with Gasteiger partial charge in [0.15, 0.2) is 0 Å². The Kier molecular flexibility index (Phi) is 3.57. The molecular weight excluding hydrogens is 271 g/mol. The van der Waals surface area contributed by atoms with Gasteiger partial charge in [-0.25, -0.2) is 9.18 Å². The van der Waals surface area contributed by atoms with Gasteiger partial charge in [-0.15, -0.1) is 0 Å². The zero-order valence-corrected chi connectivity index (χ0v) is 10.4. The van der Waals surface area contributed by atoms with Crippen molar-refractivity contribution in [3.63, 3.8) is 0 Å². The average Bonchev–Trinajstić information content (AvgIpc) is 2.35. The Labute approximate surface area is 113 Å². The van der Waals surface area contributed by atoms with Gasteiger partial charge in [0, 0.05) is 16.8 Å². The topological polar surface area (TPSA) is 75.4 Å². The van der Waals surface area contributed by atoms with Crippen LogP contribution >= 0.6 is 11.6 Å². The SMILES string of the molecule is Nc1cc(C(=O)O)c(F)cc1Nc1ccc(Cl)cc1. The van der Waals surface area contributed by atoms with Crippen LogP contribution in [0.4, 0.5) is 21.5 Å². The van der Waals surface area contributed by atoms with E-state index in [4.69, 9.17) is 22.4 Å². The molecule has 2 aromatic carbocycles. The maximum absolute atomic E-state index is 13.6. The number of nitrogen functional groups attached to an aromatic ring is 1. The number of hydrogen-bond acceptors (Lipinski definition) is 3. The van der Waals surface area contributed by atoms with E-state index in [9.17, 15) is 9.18 Å². The molecule has 2 rings (SSSR count). The lowest BCUT2D eigenvalue weighted by molar-refractivity contribution is 0.0692. The van der Waals surface area contributed by atoms with E-state index in [1.807, 2.05) is 0 Å². The molecule has 0 unspecified atom stereocenters. The van der Waals surface area contributed by atoms with Gasteiger partial charge in [0.1, 0.15) is 5.82 Å². The summed E-state index contributed by atoms with van der Waals surface area (Å²) in [6, 6.07) is 8.86. The Balaban J connectivity index is 2.33. The highest BCUT2D eigenvalue weighted by molar-refractivity contribution is 6.30. The fourth-order valence-electron chi connectivity index (χ4n) is 1.55. The summed E-state index contributed by atoms with van der Waals surface area (Å²) < 4.78 is 13.6. The van der Waals surface area contributed by atoms with Crippen molar-refractivity contribution in [3.05, 3.63) is 52.8 Å². The number of hydrogen-bond donors (Lipinski definition) is 3. The molecule has 0 fully saturated rings. The Morgan fingerprint density at radius 3 is 2.47 bits per heavy atom. The van der Waals surface area contributed by atoms with Gasteiger partial charge in [0.2, 0.25) is 0 Å². The van der Waals surface area contributed by atoms with Crippen molar-refractivity contribution in [1.29, 1.82) is 0 Å². The third kappa shape index (κ3) is 2.95. The number of halogens is 2. The van der Waals surface area contributed by atoms with E-state index in [0.29, 0.717) is 16.4 Å². The molecule has 0 amide bonds. The summed E-state index contributed by atoms with van der Waals surface area (Å²) in [6.45, 7) is 0. The van der Waals surface area contributed by atoms with Gasteiger partial charge in [0.05, 0.1) is 16.9 Å². The van der Waals surface area contributed by atoms with Gasteiger partial charge in [-0.3, -0.25) is 0 Å². The van der Waals surface area contributed by atoms with Crippen molar-refractivity contribution in [2.45, 2.75) is 0 Å². The van der Waals surface area contributed by atoms with E-state index in [-0.39, 0.29) is 5.69 Å². The second-order valence-electron chi connectivity index (χ2n) is 3.86. The number of anilines is 3. The van der Waals surface area contributed by atoms with Crippen LogP contribution in [0.25, 0.3) is 0 Å². The van der Waals surface area contributed by atoms with E-state index >= 15 is 0 Å². The van der Waals surface area contributed by atoms with Crippen LogP contribution in [0.15, 0.2) is 36.4 Å². The second kappa shape index (κ2) is 5.16. The van der Waals surface area contributed by atoms with Crippen LogP contribution < -0.4 is 11.1 Å². The summed E-state index contributed by atoms with van der Waals surface area (Å²) in [6.07, 6.45) is 0. The zero-order valence-electron chi connectivity index (χ0n) is 9.65. The van der Waals surface area contributed by atoms with Crippen molar-refractivity contribution in [1.82, 2.24) is 0 Å². The lowest BCUT2D eigenvalue weighted by Crippen LogP contribution is -2.04. The van der Waals surface area contributed by atoms with E-state index < -0.39 is 17.3 Å². The third-order valence-corrected chi connectivity index (χ3v) is 2.74. The number of aromatic carboxylic acids is 1. The van der Waals surface area contributed by atoms with Crippen LogP contribution in [0.3, 0.4) is 0 Å². The van der Waals surface area contributed by atoms with Gasteiger partial charge in [-0.05, 0) is 30.3 Å². The minimum atomic E-state index is -1.36. The lowest BCUT2D eigenvalue weighted by Gasteiger charge is -2.10. The molecule has 0 heterocycles. The summed E-state index contributed by atoms with van der Waals surface area (Å²) in [5.41, 5.74) is 6.34. The largest absolute Gasteiger partial charge is 0.478 e. The molecular formula is C13H10ClFN2O2. The van der Waals surface area contributed by atoms with Gasteiger partial charge in [-0.2, -0.15) is 0 Å². The molecule has 4 N–H and O–H groups in total. The third-order valence-electron chi connectivity index (χ3n) is 2.49. The summed E-state index contributed by atoms with van der Waals surface area (Å²) in [5.74, 6) is -2.21. The van der Waals surface area contributed by atoms with Crippen LogP contribution in [0.2, 0.25) is 5.02 Å². The highest BCUT2D eigenvalue weighted by Gasteiger charge is 2.13. The molecule has 0 radical (unpaired) electrons. The molecule has 6 heteroatoms. The minimum absolute atomic E-state index is 0.147. The molecule has 0 aliphatic rings. The molecule has 2 aromatic rings. The maximum atomic E-state index is 13.6. The first-order valence-corrected chi connectivity index (χ1v) is 5.70. The van der Waals surface area contributed by atoms with Crippen LogP contribution in [0, 0.1) is 5.82 Å². The highest BCUT2D eigenvalue weighted by Crippen LogP contribution is 2.27. The van der Waals surface area contributed by atoms with Gasteiger partial charge < -0.3 is 16.2 Å². The first-order valence-electron chi connectivity index (χ1n) is 5.32. The van der Waals surface area contributed by atoms with Gasteiger partial charge >= 0.3 is 5.97 Å². The van der Waals surface area contributed by atoms with Crippen LogP contribution in [-0.2, 0) is 0 Å². The Morgan fingerprint density at radius 1 is 1.26 bits per heavy atom. The van der Waals surface area contributed by atoms with Crippen LogP contribution in [0.1, 0.15) is 10.4 Å². The number of carboxylic acid groups (broad SMARTS) is 1. The van der Waals surface area contributed by atoms with Crippen molar-refractivity contribution >= 4 is 34.6 Å². The molecule has 0 saturated heterocycles. The lowest BCUT2D eigenvalue weighted by atomic mass is 10.1. The molecule has 0 bridgehead atoms. The van der Waals surface area contributed by atoms with Crippen molar-refractivity contribution in [2.75, 3.05) is 11.1 Å². The molecule has 0 aromatic heterocycles. The predicted octanol–water partition coefficient (Wildman–Crippen LogP) is 3.50. The number of benzene rings is 2. The van der Waals surface area contributed by atoms with E-state index in [0.717, 1.165) is 12.1 Å². The standard InChI is InChI=1S/C13H10ClFN2O2/c14-7-1-3-8(4-2-7)17-12-6-10(15)9(13(18)19)5-11(12)16/h1-6,17H,16H2,(H,18,19). The predicted molar refractivity (Wildman–Crippen MR) is 72.5 cm³/mol. The summed E-state index contributed by atoms with van der Waals surface area (Å²) >= 11 is 5.75. The highest BCUT2D eigenvalue weighted by atomic mass is 35.5. The van der Waals surface area contributed by atoms with E-state index in [1.54, 1.807) is 24.3 Å². The van der Waals surface area contributed by atoms with Gasteiger partial charge in [0.25, 0.3) is 0 Å². The maximum Gasteiger partial charge on any atom is 0.338 e. The van der Waals surface area contributed by atoms with Crippen LogP contribution in [0.5, 0.6) is 0 Å². The van der Waals surface area contributed by atoms with Crippen LogP contribution in [-0.4, -0.2) is 11.1 Å². The Hall–Kier alpha value is -2.27. The monoisotopic (exact) mass is 280 g/mol. The second-order valence-corrected chi connectivity index (χ2v) is 4.29. The quantitative estimate of drug-likeness (QED) is 0.752. The Morgan fingerprint density at radius 2 is 1.89 bits per heavy atom. The first kappa shape index (κ1) is 13.2. The molecule has 98 valence electrons. The Bertz CT molecular complexity index is 629. The molecule has 0 spiro atoms. The van der Waals surface area contributed by atoms with Crippen molar-refractivity contribution in [3.8, 4) is 0 Å². The number of rotatable bonds is 3.